The summed E-state index contributed by atoms with van der Waals surface area (Å²) < 4.78 is 0. The standard InChI is InChI=1S/C23H47NO/c1-5-9-12-18-22(23(25)24-20-15-10-6-2)19-14-13-17-21(8-4)16-11-7-3/h21-22H,5-20H2,1-4H3,(H,24,25)/t21-,22+/m1/s1. The third-order valence-electron chi connectivity index (χ3n) is 5.56. The van der Waals surface area contributed by atoms with E-state index < -0.39 is 0 Å². The molecule has 0 aromatic heterocycles. The minimum atomic E-state index is 0.254. The third kappa shape index (κ3) is 14.3. The van der Waals surface area contributed by atoms with Crippen LogP contribution in [-0.4, -0.2) is 12.5 Å². The molecule has 2 atom stereocenters. The molecule has 0 unspecified atom stereocenters. The van der Waals surface area contributed by atoms with Crippen molar-refractivity contribution in [3.8, 4) is 0 Å². The number of carbonyl (C=O) groups excluding carboxylic acids is 1. The Balaban J connectivity index is 4.13. The minimum Gasteiger partial charge on any atom is -0.356 e. The lowest BCUT2D eigenvalue weighted by Crippen LogP contribution is -2.31. The van der Waals surface area contributed by atoms with Crippen molar-refractivity contribution in [2.75, 3.05) is 6.54 Å². The molecule has 0 aromatic carbocycles. The van der Waals surface area contributed by atoms with E-state index in [9.17, 15) is 4.79 Å². The minimum absolute atomic E-state index is 0.254. The van der Waals surface area contributed by atoms with Crippen LogP contribution < -0.4 is 5.32 Å². The predicted molar refractivity (Wildman–Crippen MR) is 112 cm³/mol. The summed E-state index contributed by atoms with van der Waals surface area (Å²) in [4.78, 5) is 12.5. The Morgan fingerprint density at radius 2 is 1.20 bits per heavy atom. The van der Waals surface area contributed by atoms with Crippen molar-refractivity contribution in [2.24, 2.45) is 11.8 Å². The third-order valence-corrected chi connectivity index (χ3v) is 5.56. The second-order valence-corrected chi connectivity index (χ2v) is 7.89. The lowest BCUT2D eigenvalue weighted by atomic mass is 9.90. The number of nitrogens with one attached hydrogen (secondary N) is 1. The fourth-order valence-corrected chi connectivity index (χ4v) is 3.65. The van der Waals surface area contributed by atoms with Gasteiger partial charge in [0, 0.05) is 12.5 Å². The molecule has 0 aromatic rings. The normalized spacial score (nSPS) is 13.6. The molecule has 0 saturated heterocycles. The molecule has 150 valence electrons. The summed E-state index contributed by atoms with van der Waals surface area (Å²) in [5, 5.41) is 3.19. The molecule has 0 aliphatic rings. The van der Waals surface area contributed by atoms with Crippen LogP contribution in [0.15, 0.2) is 0 Å². The van der Waals surface area contributed by atoms with E-state index >= 15 is 0 Å². The molecule has 0 aliphatic heterocycles. The molecule has 0 radical (unpaired) electrons. The van der Waals surface area contributed by atoms with Gasteiger partial charge in [-0.05, 0) is 25.2 Å². The number of hydrogen-bond donors (Lipinski definition) is 1. The van der Waals surface area contributed by atoms with Crippen molar-refractivity contribution in [2.45, 2.75) is 124 Å². The smallest absolute Gasteiger partial charge is 0.223 e. The van der Waals surface area contributed by atoms with Gasteiger partial charge in [0.25, 0.3) is 0 Å². The van der Waals surface area contributed by atoms with Gasteiger partial charge in [0.2, 0.25) is 5.91 Å². The van der Waals surface area contributed by atoms with Crippen molar-refractivity contribution < 1.29 is 4.79 Å². The Bertz CT molecular complexity index is 290. The summed E-state index contributed by atoms with van der Waals surface area (Å²) in [6.45, 7) is 9.93. The van der Waals surface area contributed by atoms with Crippen LogP contribution in [0.25, 0.3) is 0 Å². The van der Waals surface area contributed by atoms with E-state index in [1.54, 1.807) is 0 Å². The SMILES string of the molecule is CCCCCNC(=O)[C@@H](CCCCC)CCCC[C@H](CC)CCCC. The summed E-state index contributed by atoms with van der Waals surface area (Å²) in [7, 11) is 0. The molecule has 0 spiro atoms. The lowest BCUT2D eigenvalue weighted by molar-refractivity contribution is -0.125. The summed E-state index contributed by atoms with van der Waals surface area (Å²) in [5.41, 5.74) is 0. The molecule has 25 heavy (non-hydrogen) atoms. The van der Waals surface area contributed by atoms with Crippen LogP contribution in [0.5, 0.6) is 0 Å². The van der Waals surface area contributed by atoms with E-state index in [1.807, 2.05) is 0 Å². The second kappa shape index (κ2) is 18.3. The first-order valence-electron chi connectivity index (χ1n) is 11.5. The first-order valence-corrected chi connectivity index (χ1v) is 11.5. The molecule has 0 heterocycles. The van der Waals surface area contributed by atoms with Crippen molar-refractivity contribution in [3.05, 3.63) is 0 Å². The maximum absolute atomic E-state index is 12.5. The van der Waals surface area contributed by atoms with Gasteiger partial charge in [-0.2, -0.15) is 0 Å². The molecule has 0 rings (SSSR count). The fraction of sp³-hybridized carbons (Fsp3) is 0.957. The first kappa shape index (κ1) is 24.5. The number of amides is 1. The highest BCUT2D eigenvalue weighted by Crippen LogP contribution is 2.23. The van der Waals surface area contributed by atoms with Crippen LogP contribution in [0.2, 0.25) is 0 Å². The highest BCUT2D eigenvalue weighted by atomic mass is 16.1. The monoisotopic (exact) mass is 353 g/mol. The maximum Gasteiger partial charge on any atom is 0.223 e. The van der Waals surface area contributed by atoms with Crippen LogP contribution in [0.1, 0.15) is 124 Å². The van der Waals surface area contributed by atoms with Gasteiger partial charge in [-0.15, -0.1) is 0 Å². The number of carbonyl (C=O) groups is 1. The van der Waals surface area contributed by atoms with Crippen LogP contribution in [0, 0.1) is 11.8 Å². The van der Waals surface area contributed by atoms with Crippen molar-refractivity contribution >= 4 is 5.91 Å². The van der Waals surface area contributed by atoms with E-state index in [1.165, 1.54) is 77.0 Å². The zero-order chi connectivity index (χ0) is 18.8. The van der Waals surface area contributed by atoms with E-state index in [0.29, 0.717) is 5.91 Å². The summed E-state index contributed by atoms with van der Waals surface area (Å²) in [6.07, 6.45) is 18.7. The van der Waals surface area contributed by atoms with Crippen LogP contribution >= 0.6 is 0 Å². The maximum atomic E-state index is 12.5. The fourth-order valence-electron chi connectivity index (χ4n) is 3.65. The van der Waals surface area contributed by atoms with Gasteiger partial charge in [-0.25, -0.2) is 0 Å². The highest BCUT2D eigenvalue weighted by molar-refractivity contribution is 5.78. The van der Waals surface area contributed by atoms with E-state index in [-0.39, 0.29) is 5.92 Å². The molecule has 0 bridgehead atoms. The topological polar surface area (TPSA) is 29.1 Å². The highest BCUT2D eigenvalue weighted by Gasteiger charge is 2.17. The number of hydrogen-bond acceptors (Lipinski definition) is 1. The van der Waals surface area contributed by atoms with Crippen LogP contribution in [-0.2, 0) is 4.79 Å². The van der Waals surface area contributed by atoms with Gasteiger partial charge in [0.05, 0.1) is 0 Å². The van der Waals surface area contributed by atoms with Crippen molar-refractivity contribution in [1.82, 2.24) is 5.32 Å². The van der Waals surface area contributed by atoms with Gasteiger partial charge in [-0.3, -0.25) is 4.79 Å². The van der Waals surface area contributed by atoms with Crippen molar-refractivity contribution in [3.63, 3.8) is 0 Å². The van der Waals surface area contributed by atoms with Crippen molar-refractivity contribution in [1.29, 1.82) is 0 Å². The largest absolute Gasteiger partial charge is 0.356 e. The van der Waals surface area contributed by atoms with E-state index in [4.69, 9.17) is 0 Å². The molecule has 2 heteroatoms. The molecule has 0 saturated carbocycles. The zero-order valence-corrected chi connectivity index (χ0v) is 17.9. The van der Waals surface area contributed by atoms with E-state index in [2.05, 4.69) is 33.0 Å². The quantitative estimate of drug-likeness (QED) is 0.258. The average molecular weight is 354 g/mol. The predicted octanol–water partition coefficient (Wildman–Crippen LogP) is 7.27. The van der Waals surface area contributed by atoms with Gasteiger partial charge in [0.15, 0.2) is 0 Å². The second-order valence-electron chi connectivity index (χ2n) is 7.89. The first-order chi connectivity index (χ1) is 12.2. The molecule has 2 nitrogen and oxygen atoms in total. The average Bonchev–Trinajstić information content (AvgIpc) is 2.63. The number of unbranched alkanes of at least 4 members (excludes halogenated alkanes) is 6. The molecule has 1 amide bonds. The molecule has 1 N–H and O–H groups in total. The van der Waals surface area contributed by atoms with Gasteiger partial charge in [0.1, 0.15) is 0 Å². The zero-order valence-electron chi connectivity index (χ0n) is 17.9. The lowest BCUT2D eigenvalue weighted by Gasteiger charge is -2.18. The Hall–Kier alpha value is -0.530. The Labute approximate surface area is 158 Å². The molecular formula is C23H47NO. The Morgan fingerprint density at radius 1 is 0.680 bits per heavy atom. The summed E-state index contributed by atoms with van der Waals surface area (Å²) >= 11 is 0. The van der Waals surface area contributed by atoms with Gasteiger partial charge in [-0.1, -0.05) is 105 Å². The Morgan fingerprint density at radius 3 is 1.80 bits per heavy atom. The van der Waals surface area contributed by atoms with E-state index in [0.717, 1.165) is 31.7 Å². The van der Waals surface area contributed by atoms with Gasteiger partial charge >= 0.3 is 0 Å². The van der Waals surface area contributed by atoms with Gasteiger partial charge < -0.3 is 5.32 Å². The summed E-state index contributed by atoms with van der Waals surface area (Å²) in [6, 6.07) is 0. The molecule has 0 fully saturated rings. The van der Waals surface area contributed by atoms with Crippen LogP contribution in [0.4, 0.5) is 0 Å². The molecule has 0 aliphatic carbocycles. The number of rotatable bonds is 18. The van der Waals surface area contributed by atoms with Crippen LogP contribution in [0.3, 0.4) is 0 Å². The Kier molecular flexibility index (Phi) is 17.9. The summed E-state index contributed by atoms with van der Waals surface area (Å²) in [5.74, 6) is 1.48. The molecular weight excluding hydrogens is 306 g/mol.